The van der Waals surface area contributed by atoms with E-state index >= 15 is 0 Å². The first-order valence-electron chi connectivity index (χ1n) is 6.59. The molecule has 18 heavy (non-hydrogen) atoms. The van der Waals surface area contributed by atoms with Crippen LogP contribution >= 0.6 is 0 Å². The number of hydrogen-bond acceptors (Lipinski definition) is 5. The van der Waals surface area contributed by atoms with E-state index in [0.717, 1.165) is 12.8 Å². The third-order valence-electron chi connectivity index (χ3n) is 3.91. The zero-order chi connectivity index (χ0) is 13.3. The molecular weight excluding hydrogens is 236 g/mol. The van der Waals surface area contributed by atoms with E-state index in [9.17, 15) is 14.7 Å². The Bertz CT molecular complexity index is 340. The second-order valence-corrected chi connectivity index (χ2v) is 5.28. The first kappa shape index (κ1) is 13.3. The van der Waals surface area contributed by atoms with Crippen LogP contribution in [0.3, 0.4) is 0 Å². The minimum atomic E-state index is -0.852. The number of ether oxygens (including phenoxy) is 2. The molecule has 1 aliphatic heterocycles. The van der Waals surface area contributed by atoms with Crippen LogP contribution in [-0.4, -0.2) is 35.9 Å². The first-order valence-corrected chi connectivity index (χ1v) is 6.59. The Kier molecular flexibility index (Phi) is 3.90. The fourth-order valence-corrected chi connectivity index (χ4v) is 3.00. The maximum atomic E-state index is 11.8. The summed E-state index contributed by atoms with van der Waals surface area (Å²) in [6, 6.07) is 0. The van der Waals surface area contributed by atoms with E-state index in [4.69, 9.17) is 9.47 Å². The first-order chi connectivity index (χ1) is 8.54. The van der Waals surface area contributed by atoms with E-state index in [1.807, 2.05) is 0 Å². The molecule has 2 fully saturated rings. The molecule has 0 spiro atoms. The van der Waals surface area contributed by atoms with Crippen LogP contribution in [0.25, 0.3) is 0 Å². The van der Waals surface area contributed by atoms with Gasteiger partial charge in [0.25, 0.3) is 0 Å². The van der Waals surface area contributed by atoms with Crippen molar-refractivity contribution in [2.45, 2.75) is 45.3 Å². The second-order valence-electron chi connectivity index (χ2n) is 5.28. The monoisotopic (exact) mass is 256 g/mol. The lowest BCUT2D eigenvalue weighted by atomic mass is 9.86. The van der Waals surface area contributed by atoms with Crippen molar-refractivity contribution in [3.05, 3.63) is 0 Å². The smallest absolute Gasteiger partial charge is 0.321 e. The van der Waals surface area contributed by atoms with E-state index in [0.29, 0.717) is 12.3 Å². The lowest BCUT2D eigenvalue weighted by Crippen LogP contribution is -2.33. The van der Waals surface area contributed by atoms with Gasteiger partial charge in [-0.05, 0) is 25.7 Å². The Morgan fingerprint density at radius 2 is 2.22 bits per heavy atom. The second kappa shape index (κ2) is 5.26. The summed E-state index contributed by atoms with van der Waals surface area (Å²) < 4.78 is 10.1. The van der Waals surface area contributed by atoms with Crippen LogP contribution in [0.4, 0.5) is 0 Å². The Morgan fingerprint density at radius 3 is 2.89 bits per heavy atom. The van der Waals surface area contributed by atoms with Gasteiger partial charge in [0, 0.05) is 5.92 Å². The van der Waals surface area contributed by atoms with Gasteiger partial charge in [-0.15, -0.1) is 0 Å². The summed E-state index contributed by atoms with van der Waals surface area (Å²) >= 11 is 0. The number of rotatable bonds is 2. The largest absolute Gasteiger partial charge is 0.465 e. The van der Waals surface area contributed by atoms with Crippen LogP contribution in [0.1, 0.15) is 33.1 Å². The van der Waals surface area contributed by atoms with Crippen LogP contribution in [-0.2, 0) is 19.1 Å². The standard InChI is InChI=1S/C13H20O5/c1-3-17-12(15)10-8-5-4-7(2)6-9(14)11(8)18-13(10)16/h7-11,14H,3-6H2,1-2H3/t7-,8+,9+,10-,11-/m0/s1. The Hall–Kier alpha value is -1.10. The summed E-state index contributed by atoms with van der Waals surface area (Å²) in [5.41, 5.74) is 0. The Balaban J connectivity index is 2.17. The minimum Gasteiger partial charge on any atom is -0.465 e. The zero-order valence-electron chi connectivity index (χ0n) is 10.8. The summed E-state index contributed by atoms with van der Waals surface area (Å²) in [6.07, 6.45) is 1.01. The van der Waals surface area contributed by atoms with Crippen molar-refractivity contribution >= 4 is 11.9 Å². The molecular formula is C13H20O5. The van der Waals surface area contributed by atoms with Crippen LogP contribution in [0.2, 0.25) is 0 Å². The third-order valence-corrected chi connectivity index (χ3v) is 3.91. The SMILES string of the molecule is CCOC(=O)[C@H]1C(=O)O[C@H]2[C@@H]1CC[C@H](C)C[C@H]2O. The van der Waals surface area contributed by atoms with Crippen molar-refractivity contribution in [3.8, 4) is 0 Å². The van der Waals surface area contributed by atoms with Crippen molar-refractivity contribution in [1.29, 1.82) is 0 Å². The molecule has 102 valence electrons. The molecule has 5 heteroatoms. The van der Waals surface area contributed by atoms with E-state index in [-0.39, 0.29) is 12.5 Å². The highest BCUT2D eigenvalue weighted by atomic mass is 16.6. The maximum absolute atomic E-state index is 11.8. The minimum absolute atomic E-state index is 0.239. The summed E-state index contributed by atoms with van der Waals surface area (Å²) in [5.74, 6) is -1.77. The van der Waals surface area contributed by atoms with Gasteiger partial charge in [0.05, 0.1) is 12.7 Å². The van der Waals surface area contributed by atoms with Crippen molar-refractivity contribution < 1.29 is 24.2 Å². The molecule has 1 heterocycles. The number of aliphatic hydroxyl groups excluding tert-OH is 1. The maximum Gasteiger partial charge on any atom is 0.321 e. The average molecular weight is 256 g/mol. The Morgan fingerprint density at radius 1 is 1.50 bits per heavy atom. The lowest BCUT2D eigenvalue weighted by molar-refractivity contribution is -0.157. The normalized spacial score (nSPS) is 39.7. The quantitative estimate of drug-likeness (QED) is 0.586. The van der Waals surface area contributed by atoms with Crippen LogP contribution in [0, 0.1) is 17.8 Å². The van der Waals surface area contributed by atoms with Gasteiger partial charge in [0.2, 0.25) is 0 Å². The van der Waals surface area contributed by atoms with Gasteiger partial charge < -0.3 is 14.6 Å². The van der Waals surface area contributed by atoms with Gasteiger partial charge in [-0.25, -0.2) is 0 Å². The Labute approximate surface area is 106 Å². The average Bonchev–Trinajstić information content (AvgIpc) is 2.57. The predicted molar refractivity (Wildman–Crippen MR) is 62.5 cm³/mol. The molecule has 2 rings (SSSR count). The van der Waals surface area contributed by atoms with E-state index in [1.54, 1.807) is 6.92 Å². The van der Waals surface area contributed by atoms with Crippen LogP contribution in [0.5, 0.6) is 0 Å². The van der Waals surface area contributed by atoms with Gasteiger partial charge in [-0.3, -0.25) is 9.59 Å². The molecule has 1 aliphatic carbocycles. The van der Waals surface area contributed by atoms with Crippen molar-refractivity contribution in [3.63, 3.8) is 0 Å². The number of aliphatic hydroxyl groups is 1. The topological polar surface area (TPSA) is 72.8 Å². The highest BCUT2D eigenvalue weighted by Gasteiger charge is 2.52. The van der Waals surface area contributed by atoms with Gasteiger partial charge in [0.1, 0.15) is 6.10 Å². The molecule has 0 radical (unpaired) electrons. The zero-order valence-corrected chi connectivity index (χ0v) is 10.8. The van der Waals surface area contributed by atoms with Crippen LogP contribution < -0.4 is 0 Å². The molecule has 1 saturated carbocycles. The summed E-state index contributed by atoms with van der Waals surface area (Å²) in [6.45, 7) is 4.02. The number of carbonyl (C=O) groups excluding carboxylic acids is 2. The van der Waals surface area contributed by atoms with Gasteiger partial charge >= 0.3 is 11.9 Å². The number of fused-ring (bicyclic) bond motifs is 1. The third kappa shape index (κ3) is 2.36. The van der Waals surface area contributed by atoms with Crippen LogP contribution in [0.15, 0.2) is 0 Å². The molecule has 0 aromatic carbocycles. The molecule has 1 saturated heterocycles. The summed E-state index contributed by atoms with van der Waals surface area (Å²) in [4.78, 5) is 23.6. The van der Waals surface area contributed by atoms with E-state index in [1.165, 1.54) is 0 Å². The predicted octanol–water partition coefficient (Wildman–Crippen LogP) is 0.888. The van der Waals surface area contributed by atoms with Crippen molar-refractivity contribution in [2.24, 2.45) is 17.8 Å². The number of carbonyl (C=O) groups is 2. The molecule has 5 atom stereocenters. The fraction of sp³-hybridized carbons (Fsp3) is 0.846. The van der Waals surface area contributed by atoms with E-state index in [2.05, 4.69) is 6.92 Å². The highest BCUT2D eigenvalue weighted by Crippen LogP contribution is 2.40. The molecule has 0 amide bonds. The molecule has 0 bridgehead atoms. The van der Waals surface area contributed by atoms with E-state index < -0.39 is 30.1 Å². The molecule has 1 N–H and O–H groups in total. The highest BCUT2D eigenvalue weighted by molar-refractivity contribution is 5.96. The molecule has 0 aromatic rings. The van der Waals surface area contributed by atoms with Gasteiger partial charge in [-0.1, -0.05) is 13.3 Å². The molecule has 2 aliphatic rings. The van der Waals surface area contributed by atoms with Gasteiger partial charge in [0.15, 0.2) is 5.92 Å². The molecule has 0 aromatic heterocycles. The molecule has 5 nitrogen and oxygen atoms in total. The lowest BCUT2D eigenvalue weighted by Gasteiger charge is -2.20. The van der Waals surface area contributed by atoms with Crippen molar-refractivity contribution in [2.75, 3.05) is 6.61 Å². The summed E-state index contributed by atoms with van der Waals surface area (Å²) in [5, 5.41) is 10.0. The van der Waals surface area contributed by atoms with Crippen molar-refractivity contribution in [1.82, 2.24) is 0 Å². The fourth-order valence-electron chi connectivity index (χ4n) is 3.00. The van der Waals surface area contributed by atoms with Gasteiger partial charge in [-0.2, -0.15) is 0 Å². The molecule has 0 unspecified atom stereocenters. The number of esters is 2. The summed E-state index contributed by atoms with van der Waals surface area (Å²) in [7, 11) is 0. The number of hydrogen-bond donors (Lipinski definition) is 1.